The average molecular weight is 248 g/mol. The zero-order chi connectivity index (χ0) is 13.3. The molecule has 96 valence electrons. The van der Waals surface area contributed by atoms with Gasteiger partial charge in [0.05, 0.1) is 5.69 Å². The fourth-order valence-electron chi connectivity index (χ4n) is 1.68. The summed E-state index contributed by atoms with van der Waals surface area (Å²) in [6.07, 6.45) is 0. The van der Waals surface area contributed by atoms with Gasteiger partial charge >= 0.3 is 0 Å². The summed E-state index contributed by atoms with van der Waals surface area (Å²) < 4.78 is 4.96. The van der Waals surface area contributed by atoms with Gasteiger partial charge in [-0.3, -0.25) is 9.89 Å². The van der Waals surface area contributed by atoms with Gasteiger partial charge in [-0.05, 0) is 19.8 Å². The quantitative estimate of drug-likeness (QED) is 0.873. The van der Waals surface area contributed by atoms with Gasteiger partial charge in [0.25, 0.3) is 5.91 Å². The molecule has 6 nitrogen and oxygen atoms in total. The first-order valence-corrected chi connectivity index (χ1v) is 5.78. The second-order valence-electron chi connectivity index (χ2n) is 4.52. The number of nitrogens with one attached hydrogen (secondary N) is 2. The number of aromatic nitrogens is 3. The Hall–Kier alpha value is -2.11. The van der Waals surface area contributed by atoms with Crippen LogP contribution in [0.15, 0.2) is 10.6 Å². The summed E-state index contributed by atoms with van der Waals surface area (Å²) in [6.45, 7) is 7.54. The zero-order valence-corrected chi connectivity index (χ0v) is 10.9. The minimum atomic E-state index is -0.256. The molecule has 18 heavy (non-hydrogen) atoms. The highest BCUT2D eigenvalue weighted by molar-refractivity contribution is 6.05. The van der Waals surface area contributed by atoms with Crippen LogP contribution in [0.3, 0.4) is 0 Å². The predicted molar refractivity (Wildman–Crippen MR) is 66.6 cm³/mol. The lowest BCUT2D eigenvalue weighted by Gasteiger charge is -2.00. The molecule has 2 N–H and O–H groups in total. The lowest BCUT2D eigenvalue weighted by Crippen LogP contribution is -2.13. The van der Waals surface area contributed by atoms with E-state index in [1.807, 2.05) is 19.9 Å². The van der Waals surface area contributed by atoms with Crippen molar-refractivity contribution in [1.82, 2.24) is 15.4 Å². The molecule has 0 bridgehead atoms. The molecule has 0 spiro atoms. The van der Waals surface area contributed by atoms with E-state index in [-0.39, 0.29) is 5.91 Å². The van der Waals surface area contributed by atoms with Crippen LogP contribution in [0.5, 0.6) is 0 Å². The Morgan fingerprint density at radius 1 is 1.44 bits per heavy atom. The average Bonchev–Trinajstić information content (AvgIpc) is 2.86. The number of amides is 1. The van der Waals surface area contributed by atoms with Gasteiger partial charge in [-0.1, -0.05) is 19.0 Å². The minimum absolute atomic E-state index is 0.256. The lowest BCUT2D eigenvalue weighted by atomic mass is 10.1. The molecule has 0 saturated carbocycles. The first kappa shape index (κ1) is 12.3. The van der Waals surface area contributed by atoms with Crippen molar-refractivity contribution in [2.45, 2.75) is 33.6 Å². The Kier molecular flexibility index (Phi) is 3.18. The van der Waals surface area contributed by atoms with Gasteiger partial charge in [-0.25, -0.2) is 0 Å². The van der Waals surface area contributed by atoms with Gasteiger partial charge < -0.3 is 9.84 Å². The van der Waals surface area contributed by atoms with Gasteiger partial charge in [-0.15, -0.1) is 0 Å². The molecule has 0 unspecified atom stereocenters. The highest BCUT2D eigenvalue weighted by atomic mass is 16.5. The van der Waals surface area contributed by atoms with Crippen molar-refractivity contribution in [3.8, 4) is 0 Å². The molecule has 2 aromatic rings. The number of H-pyrrole nitrogens is 1. The van der Waals surface area contributed by atoms with E-state index >= 15 is 0 Å². The molecule has 2 rings (SSSR count). The summed E-state index contributed by atoms with van der Waals surface area (Å²) in [5.41, 5.74) is 2.01. The van der Waals surface area contributed by atoms with E-state index < -0.39 is 0 Å². The number of aromatic amines is 1. The molecule has 0 radical (unpaired) electrons. The molecular weight excluding hydrogens is 232 g/mol. The Morgan fingerprint density at radius 3 is 2.67 bits per heavy atom. The molecule has 2 heterocycles. The molecule has 1 amide bonds. The van der Waals surface area contributed by atoms with Gasteiger partial charge in [-0.2, -0.15) is 5.10 Å². The van der Waals surface area contributed by atoms with E-state index in [9.17, 15) is 4.79 Å². The lowest BCUT2D eigenvalue weighted by molar-refractivity contribution is 0.102. The highest BCUT2D eigenvalue weighted by Gasteiger charge is 2.18. The first-order valence-electron chi connectivity index (χ1n) is 5.78. The van der Waals surface area contributed by atoms with Crippen LogP contribution >= 0.6 is 0 Å². The second-order valence-corrected chi connectivity index (χ2v) is 4.52. The number of aryl methyl sites for hydroxylation is 2. The maximum Gasteiger partial charge on any atom is 0.262 e. The second kappa shape index (κ2) is 4.64. The summed E-state index contributed by atoms with van der Waals surface area (Å²) in [6, 6.07) is 1.82. The number of hydrogen-bond donors (Lipinski definition) is 2. The van der Waals surface area contributed by atoms with E-state index in [2.05, 4.69) is 20.7 Å². The number of carbonyl (C=O) groups excluding carboxylic acids is 1. The van der Waals surface area contributed by atoms with Crippen LogP contribution in [0, 0.1) is 13.8 Å². The number of nitrogens with zero attached hydrogens (tertiary/aromatic N) is 2. The van der Waals surface area contributed by atoms with Gasteiger partial charge in [0.15, 0.2) is 5.82 Å². The van der Waals surface area contributed by atoms with Crippen LogP contribution in [0.25, 0.3) is 0 Å². The number of carbonyl (C=O) groups is 1. The normalized spacial score (nSPS) is 10.9. The van der Waals surface area contributed by atoms with E-state index in [0.29, 0.717) is 28.8 Å². The van der Waals surface area contributed by atoms with Crippen LogP contribution in [0.1, 0.15) is 47.3 Å². The SMILES string of the molecule is Cc1noc(C)c1C(=O)Nc1cc(C(C)C)[nH]n1. The van der Waals surface area contributed by atoms with Gasteiger partial charge in [0.2, 0.25) is 0 Å². The van der Waals surface area contributed by atoms with E-state index in [0.717, 1.165) is 5.69 Å². The largest absolute Gasteiger partial charge is 0.361 e. The predicted octanol–water partition coefficient (Wildman–Crippen LogP) is 2.39. The minimum Gasteiger partial charge on any atom is -0.361 e. The molecule has 0 aliphatic heterocycles. The van der Waals surface area contributed by atoms with Gasteiger partial charge in [0, 0.05) is 11.8 Å². The van der Waals surface area contributed by atoms with Crippen molar-refractivity contribution in [3.05, 3.63) is 28.8 Å². The van der Waals surface area contributed by atoms with E-state index in [1.54, 1.807) is 13.8 Å². The monoisotopic (exact) mass is 248 g/mol. The Morgan fingerprint density at radius 2 is 2.17 bits per heavy atom. The zero-order valence-electron chi connectivity index (χ0n) is 10.9. The third-order valence-corrected chi connectivity index (χ3v) is 2.72. The van der Waals surface area contributed by atoms with Crippen molar-refractivity contribution in [1.29, 1.82) is 0 Å². The fraction of sp³-hybridized carbons (Fsp3) is 0.417. The molecule has 0 saturated heterocycles. The summed E-state index contributed by atoms with van der Waals surface area (Å²) in [5, 5.41) is 13.4. The number of anilines is 1. The molecule has 0 aliphatic rings. The Balaban J connectivity index is 2.16. The maximum absolute atomic E-state index is 12.0. The van der Waals surface area contributed by atoms with E-state index in [1.165, 1.54) is 0 Å². The van der Waals surface area contributed by atoms with Crippen molar-refractivity contribution < 1.29 is 9.32 Å². The third kappa shape index (κ3) is 2.27. The summed E-state index contributed by atoms with van der Waals surface area (Å²) in [5.74, 6) is 1.09. The smallest absolute Gasteiger partial charge is 0.262 e. The molecular formula is C12H16N4O2. The number of rotatable bonds is 3. The van der Waals surface area contributed by atoms with Gasteiger partial charge in [0.1, 0.15) is 11.3 Å². The summed E-state index contributed by atoms with van der Waals surface area (Å²) >= 11 is 0. The van der Waals surface area contributed by atoms with Crippen LogP contribution in [0.2, 0.25) is 0 Å². The van der Waals surface area contributed by atoms with Crippen molar-refractivity contribution in [2.24, 2.45) is 0 Å². The summed E-state index contributed by atoms with van der Waals surface area (Å²) in [7, 11) is 0. The topological polar surface area (TPSA) is 83.8 Å². The molecule has 0 aromatic carbocycles. The van der Waals surface area contributed by atoms with Crippen molar-refractivity contribution in [2.75, 3.05) is 5.32 Å². The summed E-state index contributed by atoms with van der Waals surface area (Å²) in [4.78, 5) is 12.0. The van der Waals surface area contributed by atoms with Crippen LogP contribution in [-0.2, 0) is 0 Å². The molecule has 0 aliphatic carbocycles. The Labute approximate surface area is 105 Å². The van der Waals surface area contributed by atoms with Crippen molar-refractivity contribution >= 4 is 11.7 Å². The fourth-order valence-corrected chi connectivity index (χ4v) is 1.68. The highest BCUT2D eigenvalue weighted by Crippen LogP contribution is 2.17. The third-order valence-electron chi connectivity index (χ3n) is 2.72. The van der Waals surface area contributed by atoms with Crippen LogP contribution in [-0.4, -0.2) is 21.3 Å². The maximum atomic E-state index is 12.0. The molecule has 0 atom stereocenters. The van der Waals surface area contributed by atoms with E-state index in [4.69, 9.17) is 4.52 Å². The number of hydrogen-bond acceptors (Lipinski definition) is 4. The first-order chi connectivity index (χ1) is 8.49. The Bertz CT molecular complexity index is 549. The molecule has 2 aromatic heterocycles. The van der Waals surface area contributed by atoms with Crippen LogP contribution in [0.4, 0.5) is 5.82 Å². The molecule has 0 fully saturated rings. The van der Waals surface area contributed by atoms with Crippen LogP contribution < -0.4 is 5.32 Å². The standard InChI is InChI=1S/C12H16N4O2/c1-6(2)9-5-10(15-14-9)13-12(17)11-7(3)16-18-8(11)4/h5-6H,1-4H3,(H2,13,14,15,17). The van der Waals surface area contributed by atoms with Crippen molar-refractivity contribution in [3.63, 3.8) is 0 Å². The molecule has 6 heteroatoms.